The molecule has 1 aliphatic heterocycles. The molecule has 0 saturated carbocycles. The van der Waals surface area contributed by atoms with Gasteiger partial charge in [0.1, 0.15) is 5.82 Å². The number of carbonyl (C=O) groups is 1. The predicted molar refractivity (Wildman–Crippen MR) is 133 cm³/mol. The SMILES string of the molecule is C[C@@H](c1ccc(-c2ccc(F)cc2)cc1)N1CC[C@](CC(C)(C)C#N)(c2ccccc2)CC1=O. The number of carbonyl (C=O) groups excluding carboxylic acids is 1. The van der Waals surface area contributed by atoms with Crippen molar-refractivity contribution < 1.29 is 9.18 Å². The molecule has 1 saturated heterocycles. The Morgan fingerprint density at radius 1 is 1.00 bits per heavy atom. The average molecular weight is 455 g/mol. The maximum Gasteiger partial charge on any atom is 0.223 e. The van der Waals surface area contributed by atoms with E-state index in [1.165, 1.54) is 12.1 Å². The second-order valence-corrected chi connectivity index (χ2v) is 10.1. The highest BCUT2D eigenvalue weighted by Crippen LogP contribution is 2.46. The number of hydrogen-bond donors (Lipinski definition) is 0. The topological polar surface area (TPSA) is 44.1 Å². The third-order valence-electron chi connectivity index (χ3n) is 7.15. The molecule has 3 aromatic carbocycles. The molecule has 34 heavy (non-hydrogen) atoms. The van der Waals surface area contributed by atoms with Gasteiger partial charge in [-0.2, -0.15) is 5.26 Å². The van der Waals surface area contributed by atoms with Crippen LogP contribution in [0.5, 0.6) is 0 Å². The molecule has 2 atom stereocenters. The minimum absolute atomic E-state index is 0.0486. The molecule has 4 heteroatoms. The minimum Gasteiger partial charge on any atom is -0.336 e. The van der Waals surface area contributed by atoms with Crippen LogP contribution in [-0.4, -0.2) is 17.4 Å². The Labute approximate surface area is 201 Å². The fraction of sp³-hybridized carbons (Fsp3) is 0.333. The summed E-state index contributed by atoms with van der Waals surface area (Å²) in [5.41, 5.74) is 3.34. The van der Waals surface area contributed by atoms with E-state index < -0.39 is 5.41 Å². The van der Waals surface area contributed by atoms with Crippen molar-refractivity contribution in [2.75, 3.05) is 6.54 Å². The first kappa shape index (κ1) is 23.7. The molecule has 0 aromatic heterocycles. The molecule has 0 spiro atoms. The molecule has 1 heterocycles. The standard InChI is InChI=1S/C30H31FN2O/c1-22(23-9-11-24(12-10-23)25-13-15-27(31)16-14-25)33-18-17-30(19-28(33)34,20-29(2,3)21-32)26-7-5-4-6-8-26/h4-16,22H,17-20H2,1-3H3/t22-,30-/m0/s1. The molecule has 1 fully saturated rings. The smallest absolute Gasteiger partial charge is 0.223 e. The number of nitrogens with zero attached hydrogens (tertiary/aromatic N) is 2. The van der Waals surface area contributed by atoms with Gasteiger partial charge < -0.3 is 4.90 Å². The van der Waals surface area contributed by atoms with Crippen LogP contribution in [0.15, 0.2) is 78.9 Å². The van der Waals surface area contributed by atoms with E-state index in [4.69, 9.17) is 0 Å². The van der Waals surface area contributed by atoms with Crippen molar-refractivity contribution in [2.45, 2.75) is 51.5 Å². The second-order valence-electron chi connectivity index (χ2n) is 10.1. The number of halogens is 1. The van der Waals surface area contributed by atoms with E-state index in [-0.39, 0.29) is 23.2 Å². The molecule has 1 aliphatic rings. The van der Waals surface area contributed by atoms with Crippen LogP contribution in [-0.2, 0) is 10.2 Å². The zero-order valence-corrected chi connectivity index (χ0v) is 20.1. The highest BCUT2D eigenvalue weighted by molar-refractivity contribution is 5.79. The Morgan fingerprint density at radius 2 is 1.59 bits per heavy atom. The van der Waals surface area contributed by atoms with Crippen LogP contribution in [0.1, 0.15) is 57.2 Å². The van der Waals surface area contributed by atoms with Gasteiger partial charge in [0.15, 0.2) is 0 Å². The lowest BCUT2D eigenvalue weighted by Gasteiger charge is -2.46. The second kappa shape index (κ2) is 9.43. The van der Waals surface area contributed by atoms with E-state index in [1.807, 2.05) is 49.1 Å². The molecule has 3 aromatic rings. The molecule has 174 valence electrons. The monoisotopic (exact) mass is 454 g/mol. The molecule has 0 N–H and O–H groups in total. The van der Waals surface area contributed by atoms with Crippen LogP contribution in [0.4, 0.5) is 4.39 Å². The van der Waals surface area contributed by atoms with Crippen molar-refractivity contribution in [3.8, 4) is 17.2 Å². The Kier molecular flexibility index (Phi) is 6.57. The first-order valence-corrected chi connectivity index (χ1v) is 11.9. The third-order valence-corrected chi connectivity index (χ3v) is 7.15. The summed E-state index contributed by atoms with van der Waals surface area (Å²) in [4.78, 5) is 15.5. The first-order chi connectivity index (χ1) is 16.2. The zero-order chi connectivity index (χ0) is 24.3. The lowest BCUT2D eigenvalue weighted by atomic mass is 9.64. The van der Waals surface area contributed by atoms with E-state index in [9.17, 15) is 14.4 Å². The highest BCUT2D eigenvalue weighted by atomic mass is 19.1. The van der Waals surface area contributed by atoms with Crippen molar-refractivity contribution in [1.29, 1.82) is 5.26 Å². The van der Waals surface area contributed by atoms with Gasteiger partial charge in [-0.05, 0) is 68.0 Å². The van der Waals surface area contributed by atoms with Crippen molar-refractivity contribution in [2.24, 2.45) is 5.41 Å². The van der Waals surface area contributed by atoms with E-state index >= 15 is 0 Å². The summed E-state index contributed by atoms with van der Waals surface area (Å²) in [6.45, 7) is 6.63. The number of hydrogen-bond acceptors (Lipinski definition) is 2. The molecule has 1 amide bonds. The number of likely N-dealkylation sites (tertiary alicyclic amines) is 1. The van der Waals surface area contributed by atoms with Gasteiger partial charge in [0.25, 0.3) is 0 Å². The van der Waals surface area contributed by atoms with Crippen LogP contribution < -0.4 is 0 Å². The van der Waals surface area contributed by atoms with Gasteiger partial charge in [0.05, 0.1) is 17.5 Å². The van der Waals surface area contributed by atoms with Gasteiger partial charge in [-0.15, -0.1) is 0 Å². The molecule has 0 radical (unpaired) electrons. The molecule has 0 aliphatic carbocycles. The lowest BCUT2D eigenvalue weighted by Crippen LogP contribution is -2.48. The van der Waals surface area contributed by atoms with Crippen molar-refractivity contribution in [3.05, 3.63) is 95.8 Å². The molecule has 4 rings (SSSR count). The lowest BCUT2D eigenvalue weighted by molar-refractivity contribution is -0.138. The van der Waals surface area contributed by atoms with Crippen LogP contribution in [0.25, 0.3) is 11.1 Å². The molecular weight excluding hydrogens is 423 g/mol. The predicted octanol–water partition coefficient (Wildman–Crippen LogP) is 7.05. The maximum absolute atomic E-state index is 13.5. The first-order valence-electron chi connectivity index (χ1n) is 11.9. The number of benzene rings is 3. The van der Waals surface area contributed by atoms with Gasteiger partial charge in [0.2, 0.25) is 5.91 Å². The zero-order valence-electron chi connectivity index (χ0n) is 20.1. The van der Waals surface area contributed by atoms with Gasteiger partial charge >= 0.3 is 0 Å². The Balaban J connectivity index is 1.54. The van der Waals surface area contributed by atoms with Crippen LogP contribution in [0, 0.1) is 22.6 Å². The van der Waals surface area contributed by atoms with Gasteiger partial charge in [-0.25, -0.2) is 4.39 Å². The summed E-state index contributed by atoms with van der Waals surface area (Å²) >= 11 is 0. The summed E-state index contributed by atoms with van der Waals surface area (Å²) in [5, 5.41) is 9.70. The van der Waals surface area contributed by atoms with Gasteiger partial charge in [-0.1, -0.05) is 66.7 Å². The van der Waals surface area contributed by atoms with E-state index in [2.05, 4.69) is 37.3 Å². The third kappa shape index (κ3) is 4.89. The van der Waals surface area contributed by atoms with Crippen molar-refractivity contribution >= 4 is 5.91 Å². The summed E-state index contributed by atoms with van der Waals surface area (Å²) in [7, 11) is 0. The van der Waals surface area contributed by atoms with Crippen molar-refractivity contribution in [1.82, 2.24) is 4.90 Å². The average Bonchev–Trinajstić information content (AvgIpc) is 2.85. The summed E-state index contributed by atoms with van der Waals surface area (Å²) in [5.74, 6) is -0.124. The van der Waals surface area contributed by atoms with Crippen LogP contribution in [0.3, 0.4) is 0 Å². The highest BCUT2D eigenvalue weighted by Gasteiger charge is 2.44. The largest absolute Gasteiger partial charge is 0.336 e. The quantitative estimate of drug-likeness (QED) is 0.400. The molecule has 0 unspecified atom stereocenters. The van der Waals surface area contributed by atoms with E-state index in [0.29, 0.717) is 19.4 Å². The summed E-state index contributed by atoms with van der Waals surface area (Å²) in [6, 6.07) is 27.2. The normalized spacial score (nSPS) is 19.5. The Morgan fingerprint density at radius 3 is 2.15 bits per heavy atom. The maximum atomic E-state index is 13.5. The fourth-order valence-corrected chi connectivity index (χ4v) is 5.30. The Hall–Kier alpha value is -3.45. The summed E-state index contributed by atoms with van der Waals surface area (Å²) < 4.78 is 13.2. The minimum atomic E-state index is -0.514. The van der Waals surface area contributed by atoms with E-state index in [0.717, 1.165) is 28.7 Å². The number of rotatable bonds is 6. The van der Waals surface area contributed by atoms with E-state index in [1.54, 1.807) is 12.1 Å². The van der Waals surface area contributed by atoms with Crippen LogP contribution >= 0.6 is 0 Å². The number of piperidine rings is 1. The number of amides is 1. The van der Waals surface area contributed by atoms with Gasteiger partial charge in [-0.3, -0.25) is 4.79 Å². The summed E-state index contributed by atoms with van der Waals surface area (Å²) in [6.07, 6.45) is 1.88. The van der Waals surface area contributed by atoms with Crippen LogP contribution in [0.2, 0.25) is 0 Å². The Bertz CT molecular complexity index is 1180. The fourth-order valence-electron chi connectivity index (χ4n) is 5.30. The number of nitriles is 1. The molecular formula is C30H31FN2O. The van der Waals surface area contributed by atoms with Crippen molar-refractivity contribution in [3.63, 3.8) is 0 Å². The van der Waals surface area contributed by atoms with Gasteiger partial charge in [0, 0.05) is 18.4 Å². The molecule has 3 nitrogen and oxygen atoms in total. The molecule has 0 bridgehead atoms.